The standard InChI is InChI=1S/C92H108N4O20/c1-13-105-81(97)53-93(49-65-29-21-61(9)22-30-65)77-41-69-37-71-43-78(94(54-82(98)106-14-2)50-66-31-23-62(10)24-32-66)45-73(90(71)114-58-86(102)110-18-6)39-75-47-80(96(56-84(100)108-16-4)52-68-35-27-64(12)28-36-68)48-76(92(75)116-60-88(104)112-20-8)40-74-46-79(95(55-83(99)107-15-3)51-67-33-25-63(11)26-34-67)44-72(91(74)115-59-87(103)111-19-7)38-70(42-77)89(69)113-57-85(101)109-17-5/h21-36,41-48H,13-20,37-40,49-60H2,1-12H3. The molecule has 0 N–H and O–H groups in total. The molecule has 0 unspecified atom stereocenters. The van der Waals surface area contributed by atoms with Gasteiger partial charge < -0.3 is 76.4 Å². The van der Waals surface area contributed by atoms with Gasteiger partial charge in [-0.05, 0) is 154 Å². The number of hydrogen-bond donors (Lipinski definition) is 0. The van der Waals surface area contributed by atoms with Crippen LogP contribution in [0.1, 0.15) is 144 Å². The minimum atomic E-state index is -0.706. The number of hydrogen-bond acceptors (Lipinski definition) is 24. The SMILES string of the molecule is CCOC(=O)COc1c2cc(N(CC(=O)OCC)Cc3ccc(C)cc3)cc1Cc1cc(N(CC(=O)OCC)Cc3ccc(C)cc3)cc(c1OCC(=O)OCC)Cc1cc(N(CC(=O)OCC)Cc3ccc(C)cc3)cc(c1OCC(=O)OCC)Cc1cc(N(CC(=O)OCC)Cc3ccc(C)cc3)cc(c1OCC(=O)OCC)C2. The van der Waals surface area contributed by atoms with Crippen molar-refractivity contribution in [1.29, 1.82) is 0 Å². The van der Waals surface area contributed by atoms with Crippen LogP contribution in [-0.4, -0.2) is 153 Å². The predicted octanol–water partition coefficient (Wildman–Crippen LogP) is 13.6. The number of nitrogens with zero attached hydrogens (tertiary/aromatic N) is 4. The number of carbonyl (C=O) groups excluding carboxylic acids is 8. The van der Waals surface area contributed by atoms with Crippen molar-refractivity contribution < 1.29 is 95.2 Å². The largest absolute Gasteiger partial charge is 0.481 e. The van der Waals surface area contributed by atoms with Crippen molar-refractivity contribution in [3.63, 3.8) is 0 Å². The molecule has 24 heteroatoms. The van der Waals surface area contributed by atoms with Gasteiger partial charge in [-0.1, -0.05) is 119 Å². The Labute approximate surface area is 680 Å². The lowest BCUT2D eigenvalue weighted by atomic mass is 9.89. The monoisotopic (exact) mass is 1590 g/mol. The van der Waals surface area contributed by atoms with Crippen LogP contribution >= 0.6 is 0 Å². The maximum atomic E-state index is 14.3. The molecule has 0 saturated carbocycles. The van der Waals surface area contributed by atoms with E-state index in [9.17, 15) is 38.4 Å². The quantitative estimate of drug-likeness (QED) is 0.0255. The van der Waals surface area contributed by atoms with Crippen LogP contribution in [0.3, 0.4) is 0 Å². The molecule has 0 fully saturated rings. The minimum absolute atomic E-state index is 0.0151. The van der Waals surface area contributed by atoms with E-state index in [1.54, 1.807) is 55.4 Å². The highest BCUT2D eigenvalue weighted by Gasteiger charge is 2.31. The molecule has 1 aliphatic carbocycles. The summed E-state index contributed by atoms with van der Waals surface area (Å²) in [5.41, 5.74) is 12.4. The molecule has 116 heavy (non-hydrogen) atoms. The number of ether oxygens (including phenoxy) is 12. The molecule has 24 nitrogen and oxygen atoms in total. The van der Waals surface area contributed by atoms with Crippen LogP contribution in [0.15, 0.2) is 146 Å². The molecule has 0 heterocycles. The van der Waals surface area contributed by atoms with Gasteiger partial charge in [-0.2, -0.15) is 0 Å². The molecule has 0 aromatic heterocycles. The van der Waals surface area contributed by atoms with Crippen LogP contribution < -0.4 is 38.5 Å². The van der Waals surface area contributed by atoms with E-state index in [0.29, 0.717) is 67.3 Å². The fraction of sp³-hybridized carbons (Fsp3) is 0.391. The first-order valence-electron chi connectivity index (χ1n) is 39.6. The Kier molecular flexibility index (Phi) is 33.3. The first-order chi connectivity index (χ1) is 56.0. The van der Waals surface area contributed by atoms with Gasteiger partial charge in [0.2, 0.25) is 0 Å². The third kappa shape index (κ3) is 26.0. The summed E-state index contributed by atoms with van der Waals surface area (Å²) < 4.78 is 73.3. The molecule has 0 spiro atoms. The summed E-state index contributed by atoms with van der Waals surface area (Å²) in [6.07, 6.45) is -0.681. The number of benzene rings is 8. The number of esters is 8. The zero-order valence-corrected chi connectivity index (χ0v) is 68.8. The van der Waals surface area contributed by atoms with Crippen molar-refractivity contribution >= 4 is 70.5 Å². The molecule has 0 radical (unpaired) electrons. The Bertz CT molecular complexity index is 4000. The van der Waals surface area contributed by atoms with Gasteiger partial charge in [0.05, 0.1) is 52.9 Å². The molecule has 0 atom stereocenters. The van der Waals surface area contributed by atoms with Crippen molar-refractivity contribution in [2.24, 2.45) is 0 Å². The molecule has 0 saturated heterocycles. The molecule has 616 valence electrons. The summed E-state index contributed by atoms with van der Waals surface area (Å²) in [6, 6.07) is 46.5. The van der Waals surface area contributed by atoms with Crippen LogP contribution in [-0.2, 0) is 128 Å². The van der Waals surface area contributed by atoms with Gasteiger partial charge in [-0.15, -0.1) is 0 Å². The molecule has 8 aromatic carbocycles. The molecule has 1 aliphatic rings. The number of fused-ring (bicyclic) bond motifs is 8. The first kappa shape index (κ1) is 87.9. The highest BCUT2D eigenvalue weighted by atomic mass is 16.6. The van der Waals surface area contributed by atoms with Crippen molar-refractivity contribution in [3.05, 3.63) is 235 Å². The third-order valence-electron chi connectivity index (χ3n) is 18.9. The highest BCUT2D eigenvalue weighted by molar-refractivity contribution is 5.81. The van der Waals surface area contributed by atoms with Crippen LogP contribution in [0, 0.1) is 27.7 Å². The van der Waals surface area contributed by atoms with Gasteiger partial charge in [0.25, 0.3) is 0 Å². The third-order valence-corrected chi connectivity index (χ3v) is 18.9. The zero-order chi connectivity index (χ0) is 83.2. The molecule has 8 aromatic rings. The van der Waals surface area contributed by atoms with Crippen LogP contribution in [0.5, 0.6) is 23.0 Å². The average Bonchev–Trinajstić information content (AvgIpc) is 0.763. The smallest absolute Gasteiger partial charge is 0.344 e. The lowest BCUT2D eigenvalue weighted by Gasteiger charge is -2.30. The Balaban J connectivity index is 1.53. The van der Waals surface area contributed by atoms with E-state index in [-0.39, 0.29) is 154 Å². The van der Waals surface area contributed by atoms with E-state index in [4.69, 9.17) is 56.8 Å². The average molecular weight is 1590 g/mol. The Hall–Kier alpha value is -12.1. The van der Waals surface area contributed by atoms with Gasteiger partial charge in [0, 0.05) is 119 Å². The van der Waals surface area contributed by atoms with E-state index < -0.39 is 74.2 Å². The molecule has 0 amide bonds. The minimum Gasteiger partial charge on any atom is -0.481 e. The number of anilines is 4. The number of carbonyl (C=O) groups is 8. The van der Waals surface area contributed by atoms with E-state index in [1.807, 2.05) is 193 Å². The van der Waals surface area contributed by atoms with E-state index in [1.165, 1.54) is 0 Å². The Morgan fingerprint density at radius 2 is 0.397 bits per heavy atom. The summed E-state index contributed by atoms with van der Waals surface area (Å²) in [5.74, 6) is -4.33. The van der Waals surface area contributed by atoms with Crippen LogP contribution in [0.4, 0.5) is 22.7 Å². The number of rotatable bonds is 40. The zero-order valence-electron chi connectivity index (χ0n) is 68.8. The summed E-state index contributed by atoms with van der Waals surface area (Å²) >= 11 is 0. The Morgan fingerprint density at radius 1 is 0.241 bits per heavy atom. The van der Waals surface area contributed by atoms with Gasteiger partial charge in [-0.25, -0.2) is 19.2 Å². The topological polar surface area (TPSA) is 260 Å². The molecule has 8 bridgehead atoms. The van der Waals surface area contributed by atoms with Crippen molar-refractivity contribution in [1.82, 2.24) is 0 Å². The second kappa shape index (κ2) is 44.0. The summed E-state index contributed by atoms with van der Waals surface area (Å²) in [7, 11) is 0. The first-order valence-corrected chi connectivity index (χ1v) is 39.6. The fourth-order valence-corrected chi connectivity index (χ4v) is 13.7. The van der Waals surface area contributed by atoms with Crippen molar-refractivity contribution in [2.75, 3.05) is 125 Å². The molecular formula is C92H108N4O20. The molecular weight excluding hydrogens is 1480 g/mol. The second-order valence-corrected chi connectivity index (χ2v) is 28.0. The summed E-state index contributed by atoms with van der Waals surface area (Å²) in [6.45, 7) is 19.0. The summed E-state index contributed by atoms with van der Waals surface area (Å²) in [4.78, 5) is 121. The van der Waals surface area contributed by atoms with Gasteiger partial charge >= 0.3 is 47.8 Å². The van der Waals surface area contributed by atoms with Crippen LogP contribution in [0.2, 0.25) is 0 Å². The number of aryl methyl sites for hydroxylation is 4. The lowest BCUT2D eigenvalue weighted by Crippen LogP contribution is -2.31. The maximum absolute atomic E-state index is 14.3. The molecule has 9 rings (SSSR count). The second-order valence-electron chi connectivity index (χ2n) is 28.0. The van der Waals surface area contributed by atoms with Crippen molar-refractivity contribution in [2.45, 2.75) is 135 Å². The fourth-order valence-electron chi connectivity index (χ4n) is 13.7. The van der Waals surface area contributed by atoms with Crippen molar-refractivity contribution in [3.8, 4) is 23.0 Å². The van der Waals surface area contributed by atoms with E-state index in [2.05, 4.69) is 0 Å². The van der Waals surface area contributed by atoms with E-state index >= 15 is 0 Å². The lowest BCUT2D eigenvalue weighted by molar-refractivity contribution is -0.146. The van der Waals surface area contributed by atoms with E-state index in [0.717, 1.165) is 44.5 Å². The summed E-state index contributed by atoms with van der Waals surface area (Å²) in [5, 5.41) is 0. The molecule has 0 aliphatic heterocycles. The van der Waals surface area contributed by atoms with Gasteiger partial charge in [0.1, 0.15) is 49.2 Å². The normalized spacial score (nSPS) is 11.4. The Morgan fingerprint density at radius 3 is 0.552 bits per heavy atom. The highest BCUT2D eigenvalue weighted by Crippen LogP contribution is 2.45. The predicted molar refractivity (Wildman–Crippen MR) is 441 cm³/mol. The van der Waals surface area contributed by atoms with Crippen LogP contribution in [0.25, 0.3) is 0 Å². The van der Waals surface area contributed by atoms with Gasteiger partial charge in [-0.3, -0.25) is 19.2 Å². The van der Waals surface area contributed by atoms with Gasteiger partial charge in [0.15, 0.2) is 26.4 Å². The maximum Gasteiger partial charge on any atom is 0.344 e.